The Labute approximate surface area is 194 Å². The summed E-state index contributed by atoms with van der Waals surface area (Å²) in [5, 5.41) is 27.3. The summed E-state index contributed by atoms with van der Waals surface area (Å²) in [6.45, 7) is 0.806. The average Bonchev–Trinajstić information content (AvgIpc) is 2.74. The van der Waals surface area contributed by atoms with Crippen LogP contribution in [0.15, 0.2) is 0 Å². The molecule has 7 heteroatoms. The number of carboxylic acids is 3. The van der Waals surface area contributed by atoms with Crippen molar-refractivity contribution in [1.82, 2.24) is 0 Å². The van der Waals surface area contributed by atoms with Gasteiger partial charge in [0.05, 0.1) is 11.8 Å². The maximum Gasteiger partial charge on any atom is 0.306 e. The molecule has 188 valence electrons. The van der Waals surface area contributed by atoms with Crippen LogP contribution in [0.25, 0.3) is 0 Å². The Morgan fingerprint density at radius 2 is 0.844 bits per heavy atom. The van der Waals surface area contributed by atoms with Crippen LogP contribution in [0.3, 0.4) is 0 Å². The lowest BCUT2D eigenvalue weighted by Crippen LogP contribution is -2.17. The lowest BCUT2D eigenvalue weighted by atomic mass is 9.91. The normalized spacial score (nSPS) is 13.0. The fourth-order valence-electron chi connectivity index (χ4n) is 4.17. The molecule has 0 heterocycles. The van der Waals surface area contributed by atoms with E-state index in [9.17, 15) is 24.6 Å². The van der Waals surface area contributed by atoms with Crippen LogP contribution in [0.5, 0.6) is 0 Å². The van der Waals surface area contributed by atoms with Gasteiger partial charge in [0.25, 0.3) is 0 Å². The summed E-state index contributed by atoms with van der Waals surface area (Å²) < 4.78 is 0. The van der Waals surface area contributed by atoms with Crippen molar-refractivity contribution in [1.29, 1.82) is 0 Å². The summed E-state index contributed by atoms with van der Waals surface area (Å²) >= 11 is 0. The molecule has 0 aromatic carbocycles. The summed E-state index contributed by atoms with van der Waals surface area (Å²) in [6, 6.07) is 0. The molecule has 0 amide bonds. The van der Waals surface area contributed by atoms with Crippen LogP contribution in [-0.4, -0.2) is 39.8 Å². The Morgan fingerprint density at radius 1 is 0.500 bits per heavy atom. The first-order valence-electron chi connectivity index (χ1n) is 12.8. The summed E-state index contributed by atoms with van der Waals surface area (Å²) in [7, 11) is 0. The Balaban J connectivity index is 3.73. The minimum Gasteiger partial charge on any atom is -0.481 e. The van der Waals surface area contributed by atoms with E-state index >= 15 is 0 Å². The average molecular weight is 458 g/mol. The SMILES string of the molecule is NCCCCCCCCCCCCCCCC(CCCC(CCC(=O)O)C(=O)O)C(=O)O. The summed E-state index contributed by atoms with van der Waals surface area (Å²) in [4.78, 5) is 33.4. The zero-order chi connectivity index (χ0) is 24.0. The Morgan fingerprint density at radius 3 is 1.22 bits per heavy atom. The number of carbonyl (C=O) groups is 3. The Hall–Kier alpha value is -1.63. The van der Waals surface area contributed by atoms with Gasteiger partial charge in [0.1, 0.15) is 0 Å². The molecular weight excluding hydrogens is 410 g/mol. The van der Waals surface area contributed by atoms with Crippen molar-refractivity contribution in [2.24, 2.45) is 17.6 Å². The first-order chi connectivity index (χ1) is 15.4. The minimum absolute atomic E-state index is 0.0944. The highest BCUT2D eigenvalue weighted by molar-refractivity contribution is 5.72. The molecule has 0 aliphatic carbocycles. The van der Waals surface area contributed by atoms with Crippen LogP contribution >= 0.6 is 0 Å². The number of hydrogen-bond acceptors (Lipinski definition) is 4. The second-order valence-electron chi connectivity index (χ2n) is 9.11. The minimum atomic E-state index is -1.01. The van der Waals surface area contributed by atoms with Crippen molar-refractivity contribution in [3.05, 3.63) is 0 Å². The molecule has 0 rings (SSSR count). The smallest absolute Gasteiger partial charge is 0.306 e. The summed E-state index contributed by atoms with van der Waals surface area (Å²) in [5.74, 6) is -3.97. The molecule has 5 N–H and O–H groups in total. The van der Waals surface area contributed by atoms with E-state index in [4.69, 9.17) is 10.8 Å². The molecule has 0 saturated carbocycles. The van der Waals surface area contributed by atoms with Crippen LogP contribution in [0.4, 0.5) is 0 Å². The van der Waals surface area contributed by atoms with E-state index in [1.54, 1.807) is 0 Å². The van der Waals surface area contributed by atoms with Crippen LogP contribution in [-0.2, 0) is 14.4 Å². The van der Waals surface area contributed by atoms with Crippen molar-refractivity contribution in [3.63, 3.8) is 0 Å². The predicted octanol–water partition coefficient (Wildman–Crippen LogP) is 5.84. The zero-order valence-electron chi connectivity index (χ0n) is 19.9. The van der Waals surface area contributed by atoms with Gasteiger partial charge in [-0.2, -0.15) is 0 Å². The van der Waals surface area contributed by atoms with Gasteiger partial charge in [0.15, 0.2) is 0 Å². The van der Waals surface area contributed by atoms with Crippen LogP contribution < -0.4 is 5.73 Å². The molecule has 0 aromatic heterocycles. The molecular formula is C25H47NO6. The van der Waals surface area contributed by atoms with Gasteiger partial charge in [0, 0.05) is 6.42 Å². The lowest BCUT2D eigenvalue weighted by molar-refractivity contribution is -0.143. The second-order valence-corrected chi connectivity index (χ2v) is 9.11. The number of rotatable bonds is 24. The van der Waals surface area contributed by atoms with Gasteiger partial charge in [-0.05, 0) is 38.6 Å². The highest BCUT2D eigenvalue weighted by atomic mass is 16.4. The first-order valence-corrected chi connectivity index (χ1v) is 12.8. The zero-order valence-corrected chi connectivity index (χ0v) is 19.9. The first kappa shape index (κ1) is 30.4. The van der Waals surface area contributed by atoms with Gasteiger partial charge in [-0.3, -0.25) is 14.4 Å². The van der Waals surface area contributed by atoms with E-state index < -0.39 is 29.7 Å². The molecule has 0 bridgehead atoms. The Bertz CT molecular complexity index is 497. The molecule has 0 aliphatic rings. The lowest BCUT2D eigenvalue weighted by Gasteiger charge is -2.15. The highest BCUT2D eigenvalue weighted by Gasteiger charge is 2.21. The third kappa shape index (κ3) is 19.1. The van der Waals surface area contributed by atoms with Crippen LogP contribution in [0.2, 0.25) is 0 Å². The van der Waals surface area contributed by atoms with Crippen LogP contribution in [0, 0.1) is 11.8 Å². The van der Waals surface area contributed by atoms with Crippen molar-refractivity contribution >= 4 is 17.9 Å². The third-order valence-corrected chi connectivity index (χ3v) is 6.27. The number of nitrogens with two attached hydrogens (primary N) is 1. The van der Waals surface area contributed by atoms with E-state index in [0.717, 1.165) is 32.2 Å². The monoisotopic (exact) mass is 457 g/mol. The molecule has 7 nitrogen and oxygen atoms in total. The molecule has 0 aromatic rings. The molecule has 2 atom stereocenters. The number of aliphatic carboxylic acids is 3. The predicted molar refractivity (Wildman–Crippen MR) is 127 cm³/mol. The van der Waals surface area contributed by atoms with Gasteiger partial charge >= 0.3 is 17.9 Å². The maximum absolute atomic E-state index is 11.5. The Kier molecular flexibility index (Phi) is 20.1. The molecule has 2 unspecified atom stereocenters. The largest absolute Gasteiger partial charge is 0.481 e. The van der Waals surface area contributed by atoms with Gasteiger partial charge in [-0.25, -0.2) is 0 Å². The number of hydrogen-bond donors (Lipinski definition) is 4. The molecule has 0 radical (unpaired) electrons. The standard InChI is InChI=1S/C25H47NO6/c26-20-13-11-9-7-5-3-1-2-4-6-8-10-12-15-21(24(29)30)16-14-17-22(25(31)32)18-19-23(27)28/h21-22H,1-20,26H2,(H,27,28)(H,29,30)(H,31,32). The molecule has 0 aliphatic heterocycles. The van der Waals surface area contributed by atoms with Gasteiger partial charge in [-0.1, -0.05) is 83.5 Å². The van der Waals surface area contributed by atoms with E-state index in [-0.39, 0.29) is 12.8 Å². The maximum atomic E-state index is 11.5. The number of carboxylic acid groups (broad SMARTS) is 3. The quantitative estimate of drug-likeness (QED) is 0.133. The molecule has 32 heavy (non-hydrogen) atoms. The van der Waals surface area contributed by atoms with E-state index in [1.165, 1.54) is 57.8 Å². The molecule has 0 spiro atoms. The second kappa shape index (κ2) is 21.2. The third-order valence-electron chi connectivity index (χ3n) is 6.27. The summed E-state index contributed by atoms with van der Waals surface area (Å²) in [5.41, 5.74) is 5.49. The summed E-state index contributed by atoms with van der Waals surface area (Å²) in [6.07, 6.45) is 17.7. The van der Waals surface area contributed by atoms with E-state index in [0.29, 0.717) is 25.7 Å². The van der Waals surface area contributed by atoms with Crippen LogP contribution in [0.1, 0.15) is 122 Å². The van der Waals surface area contributed by atoms with Crippen molar-refractivity contribution in [2.75, 3.05) is 6.54 Å². The van der Waals surface area contributed by atoms with Gasteiger partial charge in [-0.15, -0.1) is 0 Å². The topological polar surface area (TPSA) is 138 Å². The van der Waals surface area contributed by atoms with Crippen molar-refractivity contribution in [3.8, 4) is 0 Å². The molecule has 0 fully saturated rings. The van der Waals surface area contributed by atoms with Gasteiger partial charge in [0.2, 0.25) is 0 Å². The number of unbranched alkanes of at least 4 members (excludes halogenated alkanes) is 12. The van der Waals surface area contributed by atoms with E-state index in [1.807, 2.05) is 0 Å². The van der Waals surface area contributed by atoms with Crippen molar-refractivity contribution in [2.45, 2.75) is 122 Å². The van der Waals surface area contributed by atoms with Crippen molar-refractivity contribution < 1.29 is 29.7 Å². The fraction of sp³-hybridized carbons (Fsp3) is 0.880. The molecule has 0 saturated heterocycles. The van der Waals surface area contributed by atoms with E-state index in [2.05, 4.69) is 0 Å². The van der Waals surface area contributed by atoms with Gasteiger partial charge < -0.3 is 21.1 Å². The highest BCUT2D eigenvalue weighted by Crippen LogP contribution is 2.22. The fourth-order valence-corrected chi connectivity index (χ4v) is 4.17.